The zero-order valence-corrected chi connectivity index (χ0v) is 11.3. The summed E-state index contributed by atoms with van der Waals surface area (Å²) < 4.78 is 0. The molecule has 94 valence electrons. The maximum Gasteiger partial charge on any atom is 0.0460 e. The van der Waals surface area contributed by atoms with E-state index in [9.17, 15) is 0 Å². The molecule has 19 heavy (non-hydrogen) atoms. The van der Waals surface area contributed by atoms with Crippen LogP contribution in [0.25, 0.3) is 23.1 Å². The topological polar surface area (TPSA) is 15.8 Å². The lowest BCUT2D eigenvalue weighted by Gasteiger charge is -2.01. The Morgan fingerprint density at radius 3 is 2.53 bits per heavy atom. The number of nitrogens with one attached hydrogen (secondary N) is 1. The lowest BCUT2D eigenvalue weighted by Crippen LogP contribution is -1.81. The number of para-hydroxylation sites is 1. The van der Waals surface area contributed by atoms with Crippen LogP contribution in [0.15, 0.2) is 48.7 Å². The molecular formula is C18H17N. The van der Waals surface area contributed by atoms with Crippen molar-refractivity contribution in [1.29, 1.82) is 0 Å². The van der Waals surface area contributed by atoms with Gasteiger partial charge in [-0.25, -0.2) is 0 Å². The largest absolute Gasteiger partial charge is 0.361 e. The minimum Gasteiger partial charge on any atom is -0.361 e. The minimum absolute atomic E-state index is 1.18. The fourth-order valence-corrected chi connectivity index (χ4v) is 2.42. The molecule has 1 heteroatoms. The molecule has 2 aromatic carbocycles. The van der Waals surface area contributed by atoms with Crippen LogP contribution in [0.2, 0.25) is 0 Å². The second-order valence-corrected chi connectivity index (χ2v) is 4.98. The molecule has 0 fully saturated rings. The SMILES string of the molecule is Cc1ccc(C=Cc2c[nH]c3ccccc23)c(C)c1. The predicted octanol–water partition coefficient (Wildman–Crippen LogP) is 4.96. The second-order valence-electron chi connectivity index (χ2n) is 4.98. The van der Waals surface area contributed by atoms with Crippen LogP contribution >= 0.6 is 0 Å². The third-order valence-corrected chi connectivity index (χ3v) is 3.49. The Bertz CT molecular complexity index is 747. The maximum atomic E-state index is 3.30. The van der Waals surface area contributed by atoms with Gasteiger partial charge in [0.25, 0.3) is 0 Å². The average molecular weight is 247 g/mol. The lowest BCUT2D eigenvalue weighted by atomic mass is 10.0. The zero-order valence-electron chi connectivity index (χ0n) is 11.3. The monoisotopic (exact) mass is 247 g/mol. The molecule has 1 N–H and O–H groups in total. The van der Waals surface area contributed by atoms with Crippen molar-refractivity contribution < 1.29 is 0 Å². The van der Waals surface area contributed by atoms with Crippen LogP contribution < -0.4 is 0 Å². The Kier molecular flexibility index (Phi) is 2.96. The van der Waals surface area contributed by atoms with Crippen molar-refractivity contribution in [2.24, 2.45) is 0 Å². The second kappa shape index (κ2) is 4.77. The van der Waals surface area contributed by atoms with E-state index in [1.165, 1.54) is 33.2 Å². The van der Waals surface area contributed by atoms with Crippen molar-refractivity contribution in [1.82, 2.24) is 4.98 Å². The summed E-state index contributed by atoms with van der Waals surface area (Å²) in [6.45, 7) is 4.28. The molecule has 0 aliphatic carbocycles. The Morgan fingerprint density at radius 1 is 0.895 bits per heavy atom. The molecule has 0 aliphatic heterocycles. The molecule has 0 bridgehead atoms. The van der Waals surface area contributed by atoms with E-state index in [-0.39, 0.29) is 0 Å². The summed E-state index contributed by atoms with van der Waals surface area (Å²) in [7, 11) is 0. The Labute approximate surface area is 113 Å². The number of aromatic amines is 1. The zero-order chi connectivity index (χ0) is 13.2. The van der Waals surface area contributed by atoms with Gasteiger partial charge in [0.2, 0.25) is 0 Å². The van der Waals surface area contributed by atoms with Gasteiger partial charge in [-0.15, -0.1) is 0 Å². The first kappa shape index (κ1) is 11.8. The maximum absolute atomic E-state index is 3.30. The third-order valence-electron chi connectivity index (χ3n) is 3.49. The summed E-state index contributed by atoms with van der Waals surface area (Å²) in [6, 6.07) is 14.9. The molecule has 0 saturated carbocycles. The van der Waals surface area contributed by atoms with Crippen molar-refractivity contribution >= 4 is 23.1 Å². The Balaban J connectivity index is 1.98. The van der Waals surface area contributed by atoms with E-state index in [0.29, 0.717) is 0 Å². The fraction of sp³-hybridized carbons (Fsp3) is 0.111. The van der Waals surface area contributed by atoms with Gasteiger partial charge in [-0.3, -0.25) is 0 Å². The van der Waals surface area contributed by atoms with Crippen LogP contribution in [0.1, 0.15) is 22.3 Å². The van der Waals surface area contributed by atoms with Crippen LogP contribution in [-0.4, -0.2) is 4.98 Å². The summed E-state index contributed by atoms with van der Waals surface area (Å²) in [5.41, 5.74) is 6.31. The number of fused-ring (bicyclic) bond motifs is 1. The molecular weight excluding hydrogens is 230 g/mol. The molecule has 0 aliphatic rings. The average Bonchev–Trinajstić information content (AvgIpc) is 2.81. The van der Waals surface area contributed by atoms with E-state index < -0.39 is 0 Å². The summed E-state index contributed by atoms with van der Waals surface area (Å²) in [5.74, 6) is 0. The van der Waals surface area contributed by atoms with Gasteiger partial charge >= 0.3 is 0 Å². The van der Waals surface area contributed by atoms with Crippen molar-refractivity contribution in [3.05, 3.63) is 70.9 Å². The van der Waals surface area contributed by atoms with Crippen LogP contribution in [0.3, 0.4) is 0 Å². The standard InChI is InChI=1S/C18H17N/c1-13-7-8-15(14(2)11-13)9-10-16-12-19-18-6-4-3-5-17(16)18/h3-12,19H,1-2H3. The molecule has 0 unspecified atom stereocenters. The number of H-pyrrole nitrogens is 1. The molecule has 1 heterocycles. The fourth-order valence-electron chi connectivity index (χ4n) is 2.42. The quantitative estimate of drug-likeness (QED) is 0.659. The number of aromatic nitrogens is 1. The van der Waals surface area contributed by atoms with Crippen LogP contribution in [0, 0.1) is 13.8 Å². The van der Waals surface area contributed by atoms with E-state index in [4.69, 9.17) is 0 Å². The van der Waals surface area contributed by atoms with Crippen molar-refractivity contribution in [3.63, 3.8) is 0 Å². The molecule has 3 rings (SSSR count). The highest BCUT2D eigenvalue weighted by molar-refractivity contribution is 5.91. The van der Waals surface area contributed by atoms with Gasteiger partial charge < -0.3 is 4.98 Å². The van der Waals surface area contributed by atoms with Crippen molar-refractivity contribution in [2.75, 3.05) is 0 Å². The summed E-state index contributed by atoms with van der Waals surface area (Å²) in [6.07, 6.45) is 6.42. The number of rotatable bonds is 2. The van der Waals surface area contributed by atoms with Gasteiger partial charge in [0, 0.05) is 17.1 Å². The van der Waals surface area contributed by atoms with Gasteiger partial charge in [-0.1, -0.05) is 54.1 Å². The van der Waals surface area contributed by atoms with Crippen LogP contribution in [-0.2, 0) is 0 Å². The van der Waals surface area contributed by atoms with Crippen molar-refractivity contribution in [2.45, 2.75) is 13.8 Å². The van der Waals surface area contributed by atoms with Crippen LogP contribution in [0.4, 0.5) is 0 Å². The Morgan fingerprint density at radius 2 is 1.68 bits per heavy atom. The van der Waals surface area contributed by atoms with E-state index >= 15 is 0 Å². The number of hydrogen-bond acceptors (Lipinski definition) is 0. The molecule has 1 nitrogen and oxygen atoms in total. The van der Waals surface area contributed by atoms with E-state index in [1.807, 2.05) is 0 Å². The van der Waals surface area contributed by atoms with E-state index in [0.717, 1.165) is 0 Å². The van der Waals surface area contributed by atoms with Gasteiger partial charge in [-0.2, -0.15) is 0 Å². The lowest BCUT2D eigenvalue weighted by molar-refractivity contribution is 1.37. The smallest absolute Gasteiger partial charge is 0.0460 e. The van der Waals surface area contributed by atoms with Gasteiger partial charge in [0.1, 0.15) is 0 Å². The highest BCUT2D eigenvalue weighted by Gasteiger charge is 1.99. The van der Waals surface area contributed by atoms with Crippen LogP contribution in [0.5, 0.6) is 0 Å². The first-order valence-corrected chi connectivity index (χ1v) is 6.55. The predicted molar refractivity (Wildman–Crippen MR) is 83.1 cm³/mol. The van der Waals surface area contributed by atoms with E-state index in [1.54, 1.807) is 0 Å². The number of benzene rings is 2. The third kappa shape index (κ3) is 2.32. The molecule has 0 saturated heterocycles. The first-order valence-electron chi connectivity index (χ1n) is 6.55. The van der Waals surface area contributed by atoms with E-state index in [2.05, 4.69) is 79.6 Å². The highest BCUT2D eigenvalue weighted by atomic mass is 14.7. The minimum atomic E-state index is 1.18. The molecule has 0 atom stereocenters. The number of aryl methyl sites for hydroxylation is 2. The molecule has 1 aromatic heterocycles. The molecule has 0 amide bonds. The highest BCUT2D eigenvalue weighted by Crippen LogP contribution is 2.21. The van der Waals surface area contributed by atoms with Gasteiger partial charge in [-0.05, 0) is 36.6 Å². The van der Waals surface area contributed by atoms with Gasteiger partial charge in [0.15, 0.2) is 0 Å². The summed E-state index contributed by atoms with van der Waals surface area (Å²) >= 11 is 0. The Hall–Kier alpha value is -2.28. The molecule has 0 radical (unpaired) electrons. The molecule has 3 aromatic rings. The molecule has 0 spiro atoms. The summed E-state index contributed by atoms with van der Waals surface area (Å²) in [5, 5.41) is 1.27. The summed E-state index contributed by atoms with van der Waals surface area (Å²) in [4.78, 5) is 3.30. The number of hydrogen-bond donors (Lipinski definition) is 1. The van der Waals surface area contributed by atoms with Crippen molar-refractivity contribution in [3.8, 4) is 0 Å². The normalized spacial score (nSPS) is 11.5. The van der Waals surface area contributed by atoms with Gasteiger partial charge in [0.05, 0.1) is 0 Å². The first-order chi connectivity index (χ1) is 9.24.